The highest BCUT2D eigenvalue weighted by molar-refractivity contribution is 5.96. The molecular weight excluding hydrogens is 448 g/mol. The van der Waals surface area contributed by atoms with Gasteiger partial charge in [0, 0.05) is 24.5 Å². The van der Waals surface area contributed by atoms with Crippen molar-refractivity contribution in [2.24, 2.45) is 5.92 Å². The summed E-state index contributed by atoms with van der Waals surface area (Å²) in [6, 6.07) is 14.6. The van der Waals surface area contributed by atoms with Gasteiger partial charge in [0.2, 0.25) is 5.91 Å². The first-order chi connectivity index (χ1) is 16.7. The number of para-hydroxylation sites is 2. The summed E-state index contributed by atoms with van der Waals surface area (Å²) >= 11 is 0. The minimum Gasteiger partial charge on any atom is -0.452 e. The number of hydrogen-bond donors (Lipinski definition) is 3. The molecule has 1 heterocycles. The molecule has 4 amide bonds. The predicted octanol–water partition coefficient (Wildman–Crippen LogP) is 3.23. The number of nitrogens with one attached hydrogen (secondary N) is 3. The maximum atomic E-state index is 12.5. The van der Waals surface area contributed by atoms with E-state index < -0.39 is 23.9 Å². The van der Waals surface area contributed by atoms with Gasteiger partial charge in [0.25, 0.3) is 5.91 Å². The molecular formula is C26H32N4O5. The summed E-state index contributed by atoms with van der Waals surface area (Å²) < 4.78 is 5.33. The van der Waals surface area contributed by atoms with E-state index in [2.05, 4.69) is 16.0 Å². The lowest BCUT2D eigenvalue weighted by Gasteiger charge is -2.31. The van der Waals surface area contributed by atoms with E-state index in [9.17, 15) is 19.2 Å². The normalized spacial score (nSPS) is 14.5. The van der Waals surface area contributed by atoms with Gasteiger partial charge in [0.15, 0.2) is 6.10 Å². The quantitative estimate of drug-likeness (QED) is 0.526. The van der Waals surface area contributed by atoms with Crippen molar-refractivity contribution in [3.05, 3.63) is 59.7 Å². The number of ether oxygens (including phenoxy) is 1. The number of urea groups is 1. The van der Waals surface area contributed by atoms with Crippen LogP contribution in [0.4, 0.5) is 16.2 Å². The lowest BCUT2D eigenvalue weighted by atomic mass is 9.97. The smallest absolute Gasteiger partial charge is 0.321 e. The molecule has 186 valence electrons. The lowest BCUT2D eigenvalue weighted by Crippen LogP contribution is -2.44. The molecule has 35 heavy (non-hydrogen) atoms. The Morgan fingerprint density at radius 2 is 1.57 bits per heavy atom. The molecule has 1 aliphatic rings. The minimum absolute atomic E-state index is 0.213. The van der Waals surface area contributed by atoms with E-state index >= 15 is 0 Å². The molecule has 2 aromatic rings. The Morgan fingerprint density at radius 3 is 2.20 bits per heavy atom. The van der Waals surface area contributed by atoms with Crippen molar-refractivity contribution in [2.45, 2.75) is 39.7 Å². The lowest BCUT2D eigenvalue weighted by molar-refractivity contribution is -0.160. The van der Waals surface area contributed by atoms with Gasteiger partial charge in [-0.2, -0.15) is 0 Å². The molecule has 1 fully saturated rings. The third-order valence-electron chi connectivity index (χ3n) is 5.97. The number of rotatable bonds is 7. The van der Waals surface area contributed by atoms with Crippen LogP contribution in [0.25, 0.3) is 0 Å². The fourth-order valence-electron chi connectivity index (χ4n) is 3.87. The van der Waals surface area contributed by atoms with Gasteiger partial charge < -0.3 is 25.6 Å². The second-order valence-corrected chi connectivity index (χ2v) is 8.67. The van der Waals surface area contributed by atoms with Crippen molar-refractivity contribution in [3.8, 4) is 0 Å². The summed E-state index contributed by atoms with van der Waals surface area (Å²) in [5.41, 5.74) is 3.28. The summed E-state index contributed by atoms with van der Waals surface area (Å²) in [6.07, 6.45) is -0.129. The topological polar surface area (TPSA) is 117 Å². The molecule has 1 atom stereocenters. The molecule has 1 saturated heterocycles. The number of carbonyl (C=O) groups is 4. The number of anilines is 2. The molecule has 1 unspecified atom stereocenters. The summed E-state index contributed by atoms with van der Waals surface area (Å²) in [7, 11) is 0. The minimum atomic E-state index is -1.03. The van der Waals surface area contributed by atoms with Gasteiger partial charge in [-0.1, -0.05) is 36.4 Å². The molecule has 0 spiro atoms. The Morgan fingerprint density at radius 1 is 0.943 bits per heavy atom. The van der Waals surface area contributed by atoms with E-state index in [-0.39, 0.29) is 18.5 Å². The number of likely N-dealkylation sites (tertiary alicyclic amines) is 1. The van der Waals surface area contributed by atoms with Crippen LogP contribution in [0.5, 0.6) is 0 Å². The highest BCUT2D eigenvalue weighted by Crippen LogP contribution is 2.21. The number of piperidine rings is 1. The molecule has 0 aliphatic carbocycles. The maximum Gasteiger partial charge on any atom is 0.321 e. The average molecular weight is 481 g/mol. The van der Waals surface area contributed by atoms with Crippen LogP contribution in [-0.2, 0) is 19.1 Å². The van der Waals surface area contributed by atoms with Crippen LogP contribution in [0.3, 0.4) is 0 Å². The zero-order chi connectivity index (χ0) is 25.4. The van der Waals surface area contributed by atoms with Crippen LogP contribution >= 0.6 is 0 Å². The van der Waals surface area contributed by atoms with E-state index in [4.69, 9.17) is 4.74 Å². The molecule has 0 saturated carbocycles. The van der Waals surface area contributed by atoms with Gasteiger partial charge in [0.05, 0.1) is 12.5 Å². The summed E-state index contributed by atoms with van der Waals surface area (Å²) in [4.78, 5) is 51.2. The molecule has 9 heteroatoms. The highest BCUT2D eigenvalue weighted by atomic mass is 16.5. The van der Waals surface area contributed by atoms with E-state index in [1.54, 1.807) is 4.90 Å². The predicted molar refractivity (Wildman–Crippen MR) is 133 cm³/mol. The van der Waals surface area contributed by atoms with Crippen LogP contribution in [0.1, 0.15) is 30.9 Å². The van der Waals surface area contributed by atoms with Gasteiger partial charge in [0.1, 0.15) is 0 Å². The van der Waals surface area contributed by atoms with Crippen LogP contribution < -0.4 is 16.0 Å². The van der Waals surface area contributed by atoms with Crippen LogP contribution in [-0.4, -0.2) is 54.5 Å². The van der Waals surface area contributed by atoms with Gasteiger partial charge in [-0.3, -0.25) is 14.4 Å². The van der Waals surface area contributed by atoms with Gasteiger partial charge >= 0.3 is 12.0 Å². The Bertz CT molecular complexity index is 1040. The van der Waals surface area contributed by atoms with Gasteiger partial charge in [-0.25, -0.2) is 4.79 Å². The molecule has 0 radical (unpaired) electrons. The average Bonchev–Trinajstić information content (AvgIpc) is 2.85. The second-order valence-electron chi connectivity index (χ2n) is 8.67. The van der Waals surface area contributed by atoms with Crippen LogP contribution in [0.15, 0.2) is 48.5 Å². The van der Waals surface area contributed by atoms with Crippen LogP contribution in [0.2, 0.25) is 0 Å². The monoisotopic (exact) mass is 480 g/mol. The fourth-order valence-corrected chi connectivity index (χ4v) is 3.87. The van der Waals surface area contributed by atoms with Crippen molar-refractivity contribution in [1.29, 1.82) is 0 Å². The van der Waals surface area contributed by atoms with Crippen molar-refractivity contribution in [2.75, 3.05) is 30.3 Å². The first-order valence-corrected chi connectivity index (χ1v) is 11.7. The molecule has 3 N–H and O–H groups in total. The van der Waals surface area contributed by atoms with Crippen LogP contribution in [0, 0.1) is 19.8 Å². The zero-order valence-corrected chi connectivity index (χ0v) is 20.3. The number of esters is 1. The van der Waals surface area contributed by atoms with E-state index in [1.807, 2.05) is 62.4 Å². The standard InChI is InChI=1S/C26H32N4O5/c1-17-8-7-9-18(2)23(17)29-22(31)16-27-24(32)19(3)35-25(33)20-12-14-30(15-13-20)26(34)28-21-10-5-4-6-11-21/h4-11,19-20H,12-16H2,1-3H3,(H,27,32)(H,28,34)(H,29,31). The van der Waals surface area contributed by atoms with Crippen molar-refractivity contribution in [3.63, 3.8) is 0 Å². The number of nitrogens with zero attached hydrogens (tertiary/aromatic N) is 1. The first kappa shape index (κ1) is 25.7. The molecule has 0 aromatic heterocycles. The molecule has 3 rings (SSSR count). The van der Waals surface area contributed by atoms with Crippen molar-refractivity contribution in [1.82, 2.24) is 10.2 Å². The van der Waals surface area contributed by atoms with Crippen molar-refractivity contribution >= 4 is 35.2 Å². The van der Waals surface area contributed by atoms with Gasteiger partial charge in [-0.15, -0.1) is 0 Å². The third-order valence-corrected chi connectivity index (χ3v) is 5.97. The summed E-state index contributed by atoms with van der Waals surface area (Å²) in [5.74, 6) is -1.78. The fraction of sp³-hybridized carbons (Fsp3) is 0.385. The zero-order valence-electron chi connectivity index (χ0n) is 20.3. The number of benzene rings is 2. The van der Waals surface area contributed by atoms with E-state index in [0.717, 1.165) is 16.8 Å². The molecule has 9 nitrogen and oxygen atoms in total. The Kier molecular flexibility index (Phi) is 8.83. The highest BCUT2D eigenvalue weighted by Gasteiger charge is 2.30. The third kappa shape index (κ3) is 7.30. The van der Waals surface area contributed by atoms with Gasteiger partial charge in [-0.05, 0) is 56.9 Å². The first-order valence-electron chi connectivity index (χ1n) is 11.7. The second kappa shape index (κ2) is 12.0. The SMILES string of the molecule is Cc1cccc(C)c1NC(=O)CNC(=O)C(C)OC(=O)C1CCN(C(=O)Nc2ccccc2)CC1. The molecule has 2 aromatic carbocycles. The Labute approximate surface area is 205 Å². The number of hydrogen-bond acceptors (Lipinski definition) is 5. The largest absolute Gasteiger partial charge is 0.452 e. The maximum absolute atomic E-state index is 12.5. The van der Waals surface area contributed by atoms with E-state index in [0.29, 0.717) is 31.6 Å². The molecule has 1 aliphatic heterocycles. The Hall–Kier alpha value is -3.88. The molecule has 0 bridgehead atoms. The number of aryl methyl sites for hydroxylation is 2. The summed E-state index contributed by atoms with van der Waals surface area (Å²) in [5, 5.41) is 8.13. The van der Waals surface area contributed by atoms with E-state index in [1.165, 1.54) is 6.92 Å². The number of amides is 4. The number of carbonyl (C=O) groups excluding carboxylic acids is 4. The Balaban J connectivity index is 1.39. The summed E-state index contributed by atoms with van der Waals surface area (Å²) in [6.45, 7) is 5.85. The van der Waals surface area contributed by atoms with Crippen molar-refractivity contribution < 1.29 is 23.9 Å².